The van der Waals surface area contributed by atoms with Crippen LogP contribution in [0.4, 0.5) is 5.13 Å². The van der Waals surface area contributed by atoms with Crippen molar-refractivity contribution in [2.45, 2.75) is 39.7 Å². The molecular weight excluding hydrogens is 302 g/mol. The molecule has 0 aliphatic rings. The normalized spacial score (nSPS) is 11.7. The van der Waals surface area contributed by atoms with Gasteiger partial charge in [-0.3, -0.25) is 4.79 Å². The Morgan fingerprint density at radius 3 is 2.45 bits per heavy atom. The first-order valence-corrected chi connectivity index (χ1v) is 6.92. The van der Waals surface area contributed by atoms with Crippen molar-refractivity contribution in [1.29, 1.82) is 0 Å². The number of rotatable bonds is 5. The van der Waals surface area contributed by atoms with E-state index in [1.165, 1.54) is 0 Å². The summed E-state index contributed by atoms with van der Waals surface area (Å²) in [6.45, 7) is 7.48. The van der Waals surface area contributed by atoms with Gasteiger partial charge in [0.1, 0.15) is 4.88 Å². The summed E-state index contributed by atoms with van der Waals surface area (Å²) in [5.41, 5.74) is 6.10. The number of nitrogens with one attached hydrogen (secondary N) is 1. The van der Waals surface area contributed by atoms with Crippen LogP contribution in [-0.2, 0) is 9.53 Å². The number of carbonyl (C=O) groups excluding carboxylic acids is 2. The van der Waals surface area contributed by atoms with Gasteiger partial charge in [-0.25, -0.2) is 9.78 Å². The standard InChI is InChI=1S/C12H19N3O3S.ClH/c1-5-18-11(17)9-8(6(2)3)14-12(19-9)15-10(16)7(4)13;/h6-7H,5,13H2,1-4H3,(H,14,15,16);1H. The Labute approximate surface area is 128 Å². The lowest BCUT2D eigenvalue weighted by molar-refractivity contribution is -0.117. The van der Waals surface area contributed by atoms with Crippen molar-refractivity contribution in [2.24, 2.45) is 5.73 Å². The summed E-state index contributed by atoms with van der Waals surface area (Å²) >= 11 is 1.11. The minimum absolute atomic E-state index is 0. The van der Waals surface area contributed by atoms with E-state index in [0.29, 0.717) is 22.3 Å². The molecule has 0 saturated heterocycles. The quantitative estimate of drug-likeness (QED) is 0.810. The molecule has 0 fully saturated rings. The number of halogens is 1. The van der Waals surface area contributed by atoms with Crippen LogP contribution in [0, 0.1) is 0 Å². The van der Waals surface area contributed by atoms with Gasteiger partial charge >= 0.3 is 5.97 Å². The van der Waals surface area contributed by atoms with Crippen molar-refractivity contribution in [3.8, 4) is 0 Å². The summed E-state index contributed by atoms with van der Waals surface area (Å²) in [5.74, 6) is -0.680. The lowest BCUT2D eigenvalue weighted by atomic mass is 10.1. The van der Waals surface area contributed by atoms with E-state index in [4.69, 9.17) is 10.5 Å². The lowest BCUT2D eigenvalue weighted by Gasteiger charge is -2.04. The molecule has 0 aliphatic heterocycles. The summed E-state index contributed by atoms with van der Waals surface area (Å²) in [5, 5.41) is 2.96. The van der Waals surface area contributed by atoms with Crippen molar-refractivity contribution < 1.29 is 14.3 Å². The van der Waals surface area contributed by atoms with Crippen LogP contribution >= 0.6 is 23.7 Å². The molecule has 1 atom stereocenters. The summed E-state index contributed by atoms with van der Waals surface area (Å²) in [6, 6.07) is -0.627. The Balaban J connectivity index is 0.00000361. The van der Waals surface area contributed by atoms with Crippen LogP contribution in [-0.4, -0.2) is 29.5 Å². The number of thiazole rings is 1. The van der Waals surface area contributed by atoms with Gasteiger partial charge in [0.2, 0.25) is 5.91 Å². The molecule has 0 saturated carbocycles. The summed E-state index contributed by atoms with van der Waals surface area (Å²) in [7, 11) is 0. The predicted octanol–water partition coefficient (Wildman–Crippen LogP) is 2.15. The second kappa shape index (κ2) is 8.18. The fraction of sp³-hybridized carbons (Fsp3) is 0.583. The molecule has 20 heavy (non-hydrogen) atoms. The largest absolute Gasteiger partial charge is 0.462 e. The highest BCUT2D eigenvalue weighted by Gasteiger charge is 2.22. The van der Waals surface area contributed by atoms with Crippen molar-refractivity contribution in [3.05, 3.63) is 10.6 Å². The van der Waals surface area contributed by atoms with Crippen LogP contribution in [0.2, 0.25) is 0 Å². The first-order valence-electron chi connectivity index (χ1n) is 6.11. The molecule has 1 aromatic heterocycles. The number of nitrogens with zero attached hydrogens (tertiary/aromatic N) is 1. The number of hydrogen-bond donors (Lipinski definition) is 2. The van der Waals surface area contributed by atoms with Crippen molar-refractivity contribution in [1.82, 2.24) is 4.98 Å². The minimum Gasteiger partial charge on any atom is -0.462 e. The average molecular weight is 322 g/mol. The van der Waals surface area contributed by atoms with E-state index in [2.05, 4.69) is 10.3 Å². The van der Waals surface area contributed by atoms with E-state index in [9.17, 15) is 9.59 Å². The molecule has 0 aliphatic carbocycles. The Bertz CT molecular complexity index is 475. The first kappa shape index (κ1) is 18.8. The number of nitrogens with two attached hydrogens (primary N) is 1. The fourth-order valence-electron chi connectivity index (χ4n) is 1.34. The second-order valence-corrected chi connectivity index (χ2v) is 5.39. The fourth-order valence-corrected chi connectivity index (χ4v) is 2.36. The maximum Gasteiger partial charge on any atom is 0.350 e. The molecule has 0 aromatic carbocycles. The third-order valence-electron chi connectivity index (χ3n) is 2.30. The highest BCUT2D eigenvalue weighted by Crippen LogP contribution is 2.29. The third-order valence-corrected chi connectivity index (χ3v) is 3.27. The van der Waals surface area contributed by atoms with Gasteiger partial charge in [-0.1, -0.05) is 25.2 Å². The zero-order chi connectivity index (χ0) is 14.6. The monoisotopic (exact) mass is 321 g/mol. The van der Waals surface area contributed by atoms with Gasteiger partial charge in [0.25, 0.3) is 0 Å². The number of esters is 1. The number of amides is 1. The van der Waals surface area contributed by atoms with Crippen molar-refractivity contribution in [2.75, 3.05) is 11.9 Å². The maximum absolute atomic E-state index is 11.8. The Morgan fingerprint density at radius 1 is 1.40 bits per heavy atom. The van der Waals surface area contributed by atoms with Gasteiger partial charge < -0.3 is 15.8 Å². The molecule has 1 unspecified atom stereocenters. The molecule has 1 rings (SSSR count). The van der Waals surface area contributed by atoms with E-state index < -0.39 is 12.0 Å². The SMILES string of the molecule is CCOC(=O)c1sc(NC(=O)C(C)N)nc1C(C)C.Cl. The van der Waals surface area contributed by atoms with E-state index in [1.807, 2.05) is 13.8 Å². The Hall–Kier alpha value is -1.18. The summed E-state index contributed by atoms with van der Waals surface area (Å²) in [6.07, 6.45) is 0. The molecule has 0 bridgehead atoms. The number of ether oxygens (including phenoxy) is 1. The zero-order valence-electron chi connectivity index (χ0n) is 11.9. The van der Waals surface area contributed by atoms with Gasteiger partial charge in [-0.2, -0.15) is 0 Å². The van der Waals surface area contributed by atoms with Crippen molar-refractivity contribution >= 4 is 40.8 Å². The van der Waals surface area contributed by atoms with Crippen molar-refractivity contribution in [3.63, 3.8) is 0 Å². The van der Waals surface area contributed by atoms with E-state index in [0.717, 1.165) is 11.3 Å². The molecule has 1 aromatic rings. The smallest absolute Gasteiger partial charge is 0.350 e. The van der Waals surface area contributed by atoms with Crippen LogP contribution in [0.3, 0.4) is 0 Å². The number of carbonyl (C=O) groups is 2. The van der Waals surface area contributed by atoms with Crippen LogP contribution in [0.15, 0.2) is 0 Å². The zero-order valence-corrected chi connectivity index (χ0v) is 13.6. The Morgan fingerprint density at radius 2 is 2.00 bits per heavy atom. The van der Waals surface area contributed by atoms with Gasteiger partial charge in [0, 0.05) is 0 Å². The second-order valence-electron chi connectivity index (χ2n) is 4.39. The third kappa shape index (κ3) is 4.73. The molecule has 114 valence electrons. The van der Waals surface area contributed by atoms with E-state index in [-0.39, 0.29) is 24.2 Å². The van der Waals surface area contributed by atoms with Crippen LogP contribution in [0.5, 0.6) is 0 Å². The van der Waals surface area contributed by atoms with Gasteiger partial charge in [-0.05, 0) is 19.8 Å². The van der Waals surface area contributed by atoms with Crippen LogP contribution < -0.4 is 11.1 Å². The molecule has 0 radical (unpaired) electrons. The number of anilines is 1. The van der Waals surface area contributed by atoms with Crippen LogP contribution in [0.1, 0.15) is 49.0 Å². The highest BCUT2D eigenvalue weighted by molar-refractivity contribution is 7.17. The molecule has 1 heterocycles. The number of hydrogen-bond acceptors (Lipinski definition) is 6. The first-order chi connectivity index (χ1) is 8.86. The molecule has 0 spiro atoms. The maximum atomic E-state index is 11.8. The topological polar surface area (TPSA) is 94.3 Å². The average Bonchev–Trinajstić information content (AvgIpc) is 2.73. The molecule has 8 heteroatoms. The minimum atomic E-state index is -0.627. The van der Waals surface area contributed by atoms with E-state index in [1.54, 1.807) is 13.8 Å². The van der Waals surface area contributed by atoms with E-state index >= 15 is 0 Å². The Kier molecular flexibility index (Phi) is 7.70. The molecule has 1 amide bonds. The van der Waals surface area contributed by atoms with Gasteiger partial charge in [0.15, 0.2) is 5.13 Å². The molecule has 6 nitrogen and oxygen atoms in total. The predicted molar refractivity (Wildman–Crippen MR) is 81.7 cm³/mol. The summed E-state index contributed by atoms with van der Waals surface area (Å²) < 4.78 is 4.98. The molecular formula is C12H20ClN3O3S. The van der Waals surface area contributed by atoms with Crippen LogP contribution in [0.25, 0.3) is 0 Å². The van der Waals surface area contributed by atoms with Gasteiger partial charge in [-0.15, -0.1) is 12.4 Å². The summed E-state index contributed by atoms with van der Waals surface area (Å²) in [4.78, 5) is 28.0. The number of aromatic nitrogens is 1. The lowest BCUT2D eigenvalue weighted by Crippen LogP contribution is -2.32. The highest BCUT2D eigenvalue weighted by atomic mass is 35.5. The molecule has 3 N–H and O–H groups in total. The van der Waals surface area contributed by atoms with Gasteiger partial charge in [0.05, 0.1) is 18.3 Å².